The minimum absolute atomic E-state index is 0.0268. The van der Waals surface area contributed by atoms with E-state index in [0.717, 1.165) is 27.9 Å². The molecule has 6 rings (SSSR count). The number of carbonyl (C=O) groups is 2. The minimum atomic E-state index is -0.971. The van der Waals surface area contributed by atoms with Crippen LogP contribution in [0, 0.1) is 17.8 Å². The first-order valence-corrected chi connectivity index (χ1v) is 12.7. The van der Waals surface area contributed by atoms with Gasteiger partial charge in [0.05, 0.1) is 0 Å². The number of carbonyl (C=O) groups excluding carboxylic acids is 1. The summed E-state index contributed by atoms with van der Waals surface area (Å²) in [6.07, 6.45) is 8.37. The van der Waals surface area contributed by atoms with Gasteiger partial charge in [0.1, 0.15) is 0 Å². The van der Waals surface area contributed by atoms with Crippen LogP contribution in [0.5, 0.6) is 5.75 Å². The first-order chi connectivity index (χ1) is 14.5. The molecule has 30 heavy (non-hydrogen) atoms. The van der Waals surface area contributed by atoms with E-state index in [9.17, 15) is 9.59 Å². The van der Waals surface area contributed by atoms with E-state index >= 15 is 0 Å². The third-order valence-electron chi connectivity index (χ3n) is 7.21. The van der Waals surface area contributed by atoms with Crippen molar-refractivity contribution in [2.24, 2.45) is 17.8 Å². The van der Waals surface area contributed by atoms with E-state index in [4.69, 9.17) is 9.84 Å². The van der Waals surface area contributed by atoms with Crippen LogP contribution in [0.4, 0.5) is 0 Å². The molecule has 0 atom stereocenters. The zero-order chi connectivity index (χ0) is 20.7. The van der Waals surface area contributed by atoms with Crippen LogP contribution in [-0.4, -0.2) is 38.0 Å². The second-order valence-electron chi connectivity index (χ2n) is 9.37. The van der Waals surface area contributed by atoms with Gasteiger partial charge < -0.3 is 0 Å². The molecule has 4 saturated carbocycles. The molecule has 0 aromatic heterocycles. The number of rotatable bonds is 7. The van der Waals surface area contributed by atoms with Gasteiger partial charge >= 0.3 is 184 Å². The molecule has 4 bridgehead atoms. The van der Waals surface area contributed by atoms with Crippen LogP contribution in [0.1, 0.15) is 54.4 Å². The molecule has 0 saturated heterocycles. The fraction of sp³-hybridized carbons (Fsp3) is 0.440. The Hall–Kier alpha value is -2.06. The monoisotopic (exact) mass is 465 g/mol. The van der Waals surface area contributed by atoms with Crippen molar-refractivity contribution in [2.45, 2.75) is 43.9 Å². The van der Waals surface area contributed by atoms with Crippen molar-refractivity contribution < 1.29 is 19.4 Å². The summed E-state index contributed by atoms with van der Waals surface area (Å²) in [6.45, 7) is 0.0357. The first-order valence-electron chi connectivity index (χ1n) is 10.8. The van der Waals surface area contributed by atoms with Gasteiger partial charge in [0.25, 0.3) is 0 Å². The van der Waals surface area contributed by atoms with Crippen LogP contribution < -0.4 is 9.09 Å². The molecular formula is C25H26AsO4. The summed E-state index contributed by atoms with van der Waals surface area (Å²) in [7, 11) is 0. The SMILES string of the molecule is O=C(COc1ccc(C23CC4CC(CC(C4)C2)C3)cc1)[As]c1cccc(C(=O)O)c1. The van der Waals surface area contributed by atoms with Crippen molar-refractivity contribution in [1.29, 1.82) is 0 Å². The second kappa shape index (κ2) is 7.89. The molecule has 0 heterocycles. The Bertz CT molecular complexity index is 930. The molecule has 2 aromatic rings. The molecule has 0 aliphatic heterocycles. The van der Waals surface area contributed by atoms with Gasteiger partial charge in [-0.05, 0) is 0 Å². The zero-order valence-electron chi connectivity index (χ0n) is 16.9. The van der Waals surface area contributed by atoms with Gasteiger partial charge in [0, 0.05) is 0 Å². The molecule has 1 radical (unpaired) electrons. The van der Waals surface area contributed by atoms with Crippen LogP contribution in [-0.2, 0) is 10.2 Å². The average Bonchev–Trinajstić information content (AvgIpc) is 2.72. The van der Waals surface area contributed by atoms with Crippen LogP contribution in [0.25, 0.3) is 0 Å². The zero-order valence-corrected chi connectivity index (χ0v) is 18.8. The quantitative estimate of drug-likeness (QED) is 0.633. The van der Waals surface area contributed by atoms with Crippen molar-refractivity contribution in [3.8, 4) is 5.75 Å². The van der Waals surface area contributed by atoms with Crippen LogP contribution in [0.2, 0.25) is 0 Å². The Balaban J connectivity index is 1.19. The van der Waals surface area contributed by atoms with E-state index in [-0.39, 0.29) is 16.7 Å². The van der Waals surface area contributed by atoms with E-state index in [1.54, 1.807) is 18.2 Å². The predicted molar refractivity (Wildman–Crippen MR) is 116 cm³/mol. The van der Waals surface area contributed by atoms with Gasteiger partial charge in [-0.25, -0.2) is 0 Å². The molecule has 0 amide bonds. The molecule has 0 unspecified atom stereocenters. The fourth-order valence-electron chi connectivity index (χ4n) is 6.40. The van der Waals surface area contributed by atoms with E-state index in [2.05, 4.69) is 12.1 Å². The Morgan fingerprint density at radius 3 is 2.20 bits per heavy atom. The van der Waals surface area contributed by atoms with Gasteiger partial charge in [-0.2, -0.15) is 0 Å². The number of hydrogen-bond donors (Lipinski definition) is 1. The van der Waals surface area contributed by atoms with E-state index in [1.807, 2.05) is 18.2 Å². The predicted octanol–water partition coefficient (Wildman–Crippen LogP) is 3.79. The van der Waals surface area contributed by atoms with Crippen LogP contribution in [0.15, 0.2) is 48.5 Å². The summed E-state index contributed by atoms with van der Waals surface area (Å²) in [6, 6.07) is 15.1. The molecule has 2 aromatic carbocycles. The topological polar surface area (TPSA) is 63.6 Å². The van der Waals surface area contributed by atoms with Crippen LogP contribution >= 0.6 is 0 Å². The Kier molecular flexibility index (Phi) is 5.23. The molecule has 4 fully saturated rings. The molecular weight excluding hydrogens is 439 g/mol. The van der Waals surface area contributed by atoms with E-state index in [1.165, 1.54) is 44.1 Å². The van der Waals surface area contributed by atoms with Crippen molar-refractivity contribution >= 4 is 30.6 Å². The number of ether oxygens (including phenoxy) is 1. The summed E-state index contributed by atoms with van der Waals surface area (Å²) in [4.78, 5) is 23.4. The molecule has 1 N–H and O–H groups in total. The molecule has 155 valence electrons. The molecule has 4 aliphatic carbocycles. The van der Waals surface area contributed by atoms with E-state index < -0.39 is 21.7 Å². The summed E-state index contributed by atoms with van der Waals surface area (Å²) in [5.41, 5.74) is 2.05. The molecule has 5 heteroatoms. The van der Waals surface area contributed by atoms with Gasteiger partial charge in [-0.15, -0.1) is 0 Å². The maximum absolute atomic E-state index is 12.3. The number of carboxylic acids is 1. The van der Waals surface area contributed by atoms with Crippen molar-refractivity contribution in [1.82, 2.24) is 0 Å². The summed E-state index contributed by atoms with van der Waals surface area (Å²) >= 11 is -0.767. The Morgan fingerprint density at radius 2 is 1.60 bits per heavy atom. The number of aromatic carboxylic acids is 1. The normalized spacial score (nSPS) is 29.4. The average molecular weight is 465 g/mol. The Morgan fingerprint density at radius 1 is 0.967 bits per heavy atom. The number of benzene rings is 2. The van der Waals surface area contributed by atoms with Crippen molar-refractivity contribution in [3.05, 3.63) is 59.7 Å². The maximum atomic E-state index is 12.3. The molecule has 4 aliphatic rings. The number of carboxylic acid groups (broad SMARTS) is 1. The summed E-state index contributed by atoms with van der Waals surface area (Å²) in [5, 5.41) is 9.08. The molecule has 0 spiro atoms. The summed E-state index contributed by atoms with van der Waals surface area (Å²) in [5.74, 6) is 2.53. The van der Waals surface area contributed by atoms with Gasteiger partial charge in [0.15, 0.2) is 0 Å². The Labute approximate surface area is 183 Å². The van der Waals surface area contributed by atoms with Gasteiger partial charge in [-0.3, -0.25) is 0 Å². The van der Waals surface area contributed by atoms with Crippen molar-refractivity contribution in [2.75, 3.05) is 6.61 Å². The van der Waals surface area contributed by atoms with Gasteiger partial charge in [-0.1, -0.05) is 0 Å². The second-order valence-corrected chi connectivity index (χ2v) is 12.0. The standard InChI is InChI=1S/C25H26AsO4/c27-23(26-21-3-1-2-19(11-21)24(28)29)15-30-22-6-4-20(5-7-22)25-12-16-8-17(13-25)10-18(9-16)14-25/h1-7,11,16-18H,8-10,12-15H2,(H,28,29). The van der Waals surface area contributed by atoms with E-state index in [0.29, 0.717) is 5.41 Å². The van der Waals surface area contributed by atoms with Gasteiger partial charge in [0.2, 0.25) is 0 Å². The third-order valence-corrected chi connectivity index (χ3v) is 9.13. The first kappa shape index (κ1) is 19.9. The number of hydrogen-bond acceptors (Lipinski definition) is 3. The van der Waals surface area contributed by atoms with Crippen molar-refractivity contribution in [3.63, 3.8) is 0 Å². The molecule has 4 nitrogen and oxygen atoms in total. The fourth-order valence-corrected chi connectivity index (χ4v) is 8.04. The van der Waals surface area contributed by atoms with Crippen LogP contribution in [0.3, 0.4) is 0 Å². The summed E-state index contributed by atoms with van der Waals surface area (Å²) < 4.78 is 6.56. The third kappa shape index (κ3) is 3.95.